The Morgan fingerprint density at radius 1 is 1.14 bits per heavy atom. The van der Waals surface area contributed by atoms with Gasteiger partial charge in [-0.25, -0.2) is 0 Å². The molecule has 1 aromatic carbocycles. The van der Waals surface area contributed by atoms with Gasteiger partial charge < -0.3 is 14.6 Å². The van der Waals surface area contributed by atoms with Gasteiger partial charge in [-0.1, -0.05) is 31.0 Å². The van der Waals surface area contributed by atoms with Crippen LogP contribution in [0, 0.1) is 0 Å². The van der Waals surface area contributed by atoms with Crippen molar-refractivity contribution in [1.29, 1.82) is 0 Å². The van der Waals surface area contributed by atoms with Crippen molar-refractivity contribution in [2.24, 2.45) is 0 Å². The third-order valence-corrected chi connectivity index (χ3v) is 6.07. The van der Waals surface area contributed by atoms with E-state index in [1.54, 1.807) is 18.9 Å². The third-order valence-electron chi connectivity index (χ3n) is 4.98. The van der Waals surface area contributed by atoms with Crippen LogP contribution in [0.25, 0.3) is 11.4 Å². The predicted molar refractivity (Wildman–Crippen MR) is 112 cm³/mol. The number of methoxy groups -OCH3 is 1. The number of aromatic nitrogens is 3. The first-order valence-corrected chi connectivity index (χ1v) is 11.1. The number of aliphatic hydroxyl groups excluding tert-OH is 1. The minimum atomic E-state index is -0.520. The first-order chi connectivity index (χ1) is 13.6. The van der Waals surface area contributed by atoms with E-state index in [0.29, 0.717) is 18.4 Å². The number of rotatable bonds is 9. The Labute approximate surface area is 171 Å². The fourth-order valence-electron chi connectivity index (χ4n) is 3.50. The second-order valence-corrected chi connectivity index (χ2v) is 8.53. The van der Waals surface area contributed by atoms with Gasteiger partial charge in [0.15, 0.2) is 11.0 Å². The van der Waals surface area contributed by atoms with Crippen LogP contribution in [0.1, 0.15) is 52.0 Å². The predicted octanol–water partition coefficient (Wildman–Crippen LogP) is 4.34. The van der Waals surface area contributed by atoms with Crippen molar-refractivity contribution in [2.45, 2.75) is 69.4 Å². The molecule has 1 aliphatic carbocycles. The number of hydrogen-bond donors (Lipinski definition) is 1. The van der Waals surface area contributed by atoms with Crippen LogP contribution in [0.3, 0.4) is 0 Å². The Morgan fingerprint density at radius 2 is 1.86 bits per heavy atom. The molecule has 154 valence electrons. The van der Waals surface area contributed by atoms with Crippen LogP contribution in [0.5, 0.6) is 5.75 Å². The number of ether oxygens (including phenoxy) is 2. The lowest BCUT2D eigenvalue weighted by atomic mass is 9.95. The average molecular weight is 406 g/mol. The average Bonchev–Trinajstić information content (AvgIpc) is 3.15. The van der Waals surface area contributed by atoms with Crippen LogP contribution < -0.4 is 4.74 Å². The summed E-state index contributed by atoms with van der Waals surface area (Å²) in [6.45, 7) is 4.29. The lowest BCUT2D eigenvalue weighted by Crippen LogP contribution is -2.21. The number of benzene rings is 1. The molecular formula is C21H31N3O3S. The highest BCUT2D eigenvalue weighted by molar-refractivity contribution is 7.99. The first-order valence-electron chi connectivity index (χ1n) is 10.1. The van der Waals surface area contributed by atoms with E-state index in [1.807, 2.05) is 38.1 Å². The SMILES string of the molecule is COc1ccc(-c2nnc(SCC(O)COC(C)C)n2C2CCCCC2)cc1. The van der Waals surface area contributed by atoms with Crippen molar-refractivity contribution in [2.75, 3.05) is 19.5 Å². The van der Waals surface area contributed by atoms with Crippen molar-refractivity contribution in [3.05, 3.63) is 24.3 Å². The normalized spacial score (nSPS) is 16.5. The Balaban J connectivity index is 1.80. The smallest absolute Gasteiger partial charge is 0.191 e. The second kappa shape index (κ2) is 10.3. The van der Waals surface area contributed by atoms with E-state index in [-0.39, 0.29) is 6.10 Å². The van der Waals surface area contributed by atoms with Gasteiger partial charge in [0.25, 0.3) is 0 Å². The maximum Gasteiger partial charge on any atom is 0.191 e. The van der Waals surface area contributed by atoms with Gasteiger partial charge in [0.2, 0.25) is 0 Å². The van der Waals surface area contributed by atoms with Crippen molar-refractivity contribution < 1.29 is 14.6 Å². The monoisotopic (exact) mass is 405 g/mol. The lowest BCUT2D eigenvalue weighted by molar-refractivity contribution is 0.0152. The summed E-state index contributed by atoms with van der Waals surface area (Å²) in [5.41, 5.74) is 1.04. The molecule has 0 bridgehead atoms. The molecule has 0 aliphatic heterocycles. The summed E-state index contributed by atoms with van der Waals surface area (Å²) in [6, 6.07) is 8.38. The van der Waals surface area contributed by atoms with E-state index in [4.69, 9.17) is 9.47 Å². The minimum absolute atomic E-state index is 0.118. The zero-order valence-electron chi connectivity index (χ0n) is 17.0. The Morgan fingerprint density at radius 3 is 2.50 bits per heavy atom. The zero-order chi connectivity index (χ0) is 19.9. The molecule has 28 heavy (non-hydrogen) atoms. The number of aliphatic hydroxyl groups is 1. The van der Waals surface area contributed by atoms with Crippen LogP contribution in [0.4, 0.5) is 0 Å². The topological polar surface area (TPSA) is 69.4 Å². The van der Waals surface area contributed by atoms with Crippen LogP contribution in [0.15, 0.2) is 29.4 Å². The highest BCUT2D eigenvalue weighted by Gasteiger charge is 2.24. The summed E-state index contributed by atoms with van der Waals surface area (Å²) in [5, 5.41) is 20.1. The van der Waals surface area contributed by atoms with E-state index in [2.05, 4.69) is 14.8 Å². The van der Waals surface area contributed by atoms with Gasteiger partial charge >= 0.3 is 0 Å². The van der Waals surface area contributed by atoms with Gasteiger partial charge in [-0.2, -0.15) is 0 Å². The second-order valence-electron chi connectivity index (χ2n) is 7.54. The summed E-state index contributed by atoms with van der Waals surface area (Å²) in [6.07, 6.45) is 5.66. The Bertz CT molecular complexity index is 727. The molecule has 3 rings (SSSR count). The highest BCUT2D eigenvalue weighted by Crippen LogP contribution is 2.36. The highest BCUT2D eigenvalue weighted by atomic mass is 32.2. The van der Waals surface area contributed by atoms with E-state index >= 15 is 0 Å². The van der Waals surface area contributed by atoms with E-state index in [9.17, 15) is 5.11 Å². The Kier molecular flexibility index (Phi) is 7.76. The molecule has 0 radical (unpaired) electrons. The van der Waals surface area contributed by atoms with Crippen LogP contribution in [-0.2, 0) is 4.74 Å². The van der Waals surface area contributed by atoms with E-state index in [1.165, 1.54) is 19.3 Å². The van der Waals surface area contributed by atoms with E-state index in [0.717, 1.165) is 35.1 Å². The summed E-state index contributed by atoms with van der Waals surface area (Å²) >= 11 is 1.56. The zero-order valence-corrected chi connectivity index (χ0v) is 17.8. The van der Waals surface area contributed by atoms with Gasteiger partial charge in [-0.15, -0.1) is 10.2 Å². The van der Waals surface area contributed by atoms with Crippen molar-refractivity contribution >= 4 is 11.8 Å². The standard InChI is InChI=1S/C21H31N3O3S/c1-15(2)27-13-18(25)14-28-21-23-22-20(16-9-11-19(26-3)12-10-16)24(21)17-7-5-4-6-8-17/h9-12,15,17-18,25H,4-8,13-14H2,1-3H3. The summed E-state index contributed by atoms with van der Waals surface area (Å²) in [5.74, 6) is 2.26. The quantitative estimate of drug-likeness (QED) is 0.626. The molecule has 2 aromatic rings. The maximum absolute atomic E-state index is 10.2. The molecule has 1 N–H and O–H groups in total. The molecule has 1 unspecified atom stereocenters. The molecule has 0 amide bonds. The molecule has 6 nitrogen and oxygen atoms in total. The van der Waals surface area contributed by atoms with Gasteiger partial charge in [0, 0.05) is 17.4 Å². The van der Waals surface area contributed by atoms with Crippen molar-refractivity contribution in [3.8, 4) is 17.1 Å². The van der Waals surface area contributed by atoms with Gasteiger partial charge in [0.1, 0.15) is 5.75 Å². The molecule has 1 heterocycles. The molecule has 1 fully saturated rings. The third kappa shape index (κ3) is 5.49. The molecule has 1 saturated carbocycles. The summed E-state index contributed by atoms with van der Waals surface area (Å²) < 4.78 is 13.1. The van der Waals surface area contributed by atoms with E-state index < -0.39 is 6.10 Å². The van der Waals surface area contributed by atoms with Crippen LogP contribution in [0.2, 0.25) is 0 Å². The largest absolute Gasteiger partial charge is 0.497 e. The molecule has 0 spiro atoms. The fourth-order valence-corrected chi connectivity index (χ4v) is 4.41. The Hall–Kier alpha value is -1.57. The molecule has 0 saturated heterocycles. The first kappa shape index (κ1) is 21.1. The summed E-state index contributed by atoms with van der Waals surface area (Å²) in [7, 11) is 1.67. The number of hydrogen-bond acceptors (Lipinski definition) is 6. The molecule has 1 atom stereocenters. The fraction of sp³-hybridized carbons (Fsp3) is 0.619. The number of thioether (sulfide) groups is 1. The molecule has 1 aliphatic rings. The van der Waals surface area contributed by atoms with Crippen LogP contribution >= 0.6 is 11.8 Å². The number of nitrogens with zero attached hydrogens (tertiary/aromatic N) is 3. The minimum Gasteiger partial charge on any atom is -0.497 e. The maximum atomic E-state index is 10.2. The molecular weight excluding hydrogens is 374 g/mol. The van der Waals surface area contributed by atoms with Gasteiger partial charge in [-0.05, 0) is 51.0 Å². The molecule has 7 heteroatoms. The lowest BCUT2D eigenvalue weighted by Gasteiger charge is -2.26. The van der Waals surface area contributed by atoms with Crippen molar-refractivity contribution in [1.82, 2.24) is 14.8 Å². The summed E-state index contributed by atoms with van der Waals surface area (Å²) in [4.78, 5) is 0. The van der Waals surface area contributed by atoms with Crippen LogP contribution in [-0.4, -0.2) is 51.5 Å². The van der Waals surface area contributed by atoms with Crippen molar-refractivity contribution in [3.63, 3.8) is 0 Å². The molecule has 1 aromatic heterocycles. The van der Waals surface area contributed by atoms with Gasteiger partial charge in [-0.3, -0.25) is 4.57 Å². The van der Waals surface area contributed by atoms with Gasteiger partial charge in [0.05, 0.1) is 25.9 Å².